The second-order valence-corrected chi connectivity index (χ2v) is 6.03. The van der Waals surface area contributed by atoms with E-state index in [-0.39, 0.29) is 10.6 Å². The quantitative estimate of drug-likeness (QED) is 0.681. The molecule has 3 unspecified atom stereocenters. The summed E-state index contributed by atoms with van der Waals surface area (Å²) < 4.78 is 0. The molecule has 5 nitrogen and oxygen atoms in total. The van der Waals surface area contributed by atoms with Crippen LogP contribution in [-0.2, 0) is 0 Å². The predicted molar refractivity (Wildman–Crippen MR) is 78.9 cm³/mol. The Morgan fingerprint density at radius 3 is 2.45 bits per heavy atom. The lowest BCUT2D eigenvalue weighted by Gasteiger charge is -2.36. The highest BCUT2D eigenvalue weighted by atomic mass is 16.6. The standard InChI is InChI=1S/C15H22N2O3/c1-10-6-11(2)9-16(8-10)14-5-4-13(12(3)18)7-15(14)17(19)20/h4-5,7,10-12,18H,6,8-9H2,1-3H3. The Morgan fingerprint density at radius 1 is 1.35 bits per heavy atom. The van der Waals surface area contributed by atoms with E-state index >= 15 is 0 Å². The van der Waals surface area contributed by atoms with Crippen molar-refractivity contribution in [2.75, 3.05) is 18.0 Å². The molecule has 1 aromatic rings. The van der Waals surface area contributed by atoms with Gasteiger partial charge in [-0.1, -0.05) is 19.9 Å². The van der Waals surface area contributed by atoms with Crippen LogP contribution in [0.5, 0.6) is 0 Å². The van der Waals surface area contributed by atoms with Crippen molar-refractivity contribution >= 4 is 11.4 Å². The van der Waals surface area contributed by atoms with Gasteiger partial charge in [0.1, 0.15) is 5.69 Å². The second kappa shape index (κ2) is 5.79. The number of aliphatic hydroxyl groups is 1. The van der Waals surface area contributed by atoms with Crippen LogP contribution in [0.25, 0.3) is 0 Å². The van der Waals surface area contributed by atoms with Crippen LogP contribution < -0.4 is 4.90 Å². The van der Waals surface area contributed by atoms with Gasteiger partial charge in [-0.25, -0.2) is 0 Å². The molecular formula is C15H22N2O3. The van der Waals surface area contributed by atoms with Gasteiger partial charge in [-0.3, -0.25) is 10.1 Å². The molecule has 2 rings (SSSR count). The van der Waals surface area contributed by atoms with Gasteiger partial charge in [-0.2, -0.15) is 0 Å². The third kappa shape index (κ3) is 3.10. The van der Waals surface area contributed by atoms with Crippen molar-refractivity contribution in [3.8, 4) is 0 Å². The molecule has 20 heavy (non-hydrogen) atoms. The average molecular weight is 278 g/mol. The Balaban J connectivity index is 2.37. The molecule has 1 N–H and O–H groups in total. The molecule has 3 atom stereocenters. The van der Waals surface area contributed by atoms with E-state index in [1.807, 2.05) is 0 Å². The van der Waals surface area contributed by atoms with Crippen LogP contribution in [0.4, 0.5) is 11.4 Å². The maximum atomic E-state index is 11.3. The number of piperidine rings is 1. The van der Waals surface area contributed by atoms with Crippen molar-refractivity contribution in [3.63, 3.8) is 0 Å². The highest BCUT2D eigenvalue weighted by Crippen LogP contribution is 2.34. The van der Waals surface area contributed by atoms with Crippen molar-refractivity contribution in [1.29, 1.82) is 0 Å². The zero-order valence-corrected chi connectivity index (χ0v) is 12.2. The first kappa shape index (κ1) is 14.8. The molecule has 1 saturated heterocycles. The summed E-state index contributed by atoms with van der Waals surface area (Å²) in [5.74, 6) is 1.07. The van der Waals surface area contributed by atoms with E-state index < -0.39 is 6.10 Å². The first-order chi connectivity index (χ1) is 9.38. The van der Waals surface area contributed by atoms with E-state index in [4.69, 9.17) is 0 Å². The largest absolute Gasteiger partial charge is 0.389 e. The fourth-order valence-electron chi connectivity index (χ4n) is 3.07. The number of nitro benzene ring substituents is 1. The smallest absolute Gasteiger partial charge is 0.292 e. The number of hydrogen-bond donors (Lipinski definition) is 1. The Labute approximate surface area is 119 Å². The maximum Gasteiger partial charge on any atom is 0.292 e. The van der Waals surface area contributed by atoms with E-state index in [1.165, 1.54) is 6.07 Å². The van der Waals surface area contributed by atoms with Gasteiger partial charge in [-0.15, -0.1) is 0 Å². The van der Waals surface area contributed by atoms with Crippen LogP contribution >= 0.6 is 0 Å². The van der Waals surface area contributed by atoms with E-state index in [2.05, 4.69) is 18.7 Å². The number of rotatable bonds is 3. The molecule has 1 aliphatic rings. The van der Waals surface area contributed by atoms with Gasteiger partial charge >= 0.3 is 0 Å². The number of nitro groups is 1. The number of benzene rings is 1. The van der Waals surface area contributed by atoms with E-state index in [0.717, 1.165) is 19.5 Å². The van der Waals surface area contributed by atoms with Crippen LogP contribution in [0.15, 0.2) is 18.2 Å². The SMILES string of the molecule is CC1CC(C)CN(c2ccc(C(C)O)cc2[N+](=O)[O-])C1. The zero-order chi connectivity index (χ0) is 14.9. The lowest BCUT2D eigenvalue weighted by atomic mass is 9.91. The molecule has 1 aromatic carbocycles. The monoisotopic (exact) mass is 278 g/mol. The maximum absolute atomic E-state index is 11.3. The molecule has 1 heterocycles. The minimum Gasteiger partial charge on any atom is -0.389 e. The third-order valence-electron chi connectivity index (χ3n) is 3.89. The van der Waals surface area contributed by atoms with Crippen LogP contribution in [0.2, 0.25) is 0 Å². The first-order valence-electron chi connectivity index (χ1n) is 7.09. The number of nitrogens with zero attached hydrogens (tertiary/aromatic N) is 2. The minimum absolute atomic E-state index is 0.0877. The van der Waals surface area contributed by atoms with Crippen molar-refractivity contribution in [2.45, 2.75) is 33.3 Å². The summed E-state index contributed by atoms with van der Waals surface area (Å²) in [4.78, 5) is 13.0. The van der Waals surface area contributed by atoms with E-state index in [1.54, 1.807) is 19.1 Å². The molecule has 0 radical (unpaired) electrons. The molecule has 1 aliphatic heterocycles. The highest BCUT2D eigenvalue weighted by molar-refractivity contribution is 5.64. The molecule has 0 saturated carbocycles. The van der Waals surface area contributed by atoms with Crippen LogP contribution in [0.1, 0.15) is 38.9 Å². The summed E-state index contributed by atoms with van der Waals surface area (Å²) in [6, 6.07) is 5.03. The van der Waals surface area contributed by atoms with Gasteiger partial charge in [-0.05, 0) is 36.8 Å². The van der Waals surface area contributed by atoms with Gasteiger partial charge in [0.15, 0.2) is 0 Å². The zero-order valence-electron chi connectivity index (χ0n) is 12.2. The summed E-state index contributed by atoms with van der Waals surface area (Å²) in [6.07, 6.45) is 0.470. The van der Waals surface area contributed by atoms with Crippen molar-refractivity contribution in [3.05, 3.63) is 33.9 Å². The highest BCUT2D eigenvalue weighted by Gasteiger charge is 2.27. The van der Waals surface area contributed by atoms with Crippen molar-refractivity contribution in [1.82, 2.24) is 0 Å². The normalized spacial score (nSPS) is 24.5. The van der Waals surface area contributed by atoms with Crippen LogP contribution in [-0.4, -0.2) is 23.1 Å². The van der Waals surface area contributed by atoms with Crippen LogP contribution in [0.3, 0.4) is 0 Å². The average Bonchev–Trinajstić information content (AvgIpc) is 2.36. The summed E-state index contributed by atoms with van der Waals surface area (Å²) in [5, 5.41) is 20.9. The molecule has 5 heteroatoms. The minimum atomic E-state index is -0.693. The summed E-state index contributed by atoms with van der Waals surface area (Å²) in [6.45, 7) is 7.67. The van der Waals surface area contributed by atoms with Crippen molar-refractivity contribution < 1.29 is 10.0 Å². The molecular weight excluding hydrogens is 256 g/mol. The van der Waals surface area contributed by atoms with Crippen LogP contribution in [0, 0.1) is 22.0 Å². The van der Waals surface area contributed by atoms with Gasteiger partial charge in [0.05, 0.1) is 11.0 Å². The molecule has 1 fully saturated rings. The van der Waals surface area contributed by atoms with E-state index in [0.29, 0.717) is 23.1 Å². The predicted octanol–water partition coefficient (Wildman–Crippen LogP) is 3.13. The molecule has 0 bridgehead atoms. The van der Waals surface area contributed by atoms with Gasteiger partial charge in [0, 0.05) is 19.2 Å². The Morgan fingerprint density at radius 2 is 1.95 bits per heavy atom. The van der Waals surface area contributed by atoms with Crippen molar-refractivity contribution in [2.24, 2.45) is 11.8 Å². The fourth-order valence-corrected chi connectivity index (χ4v) is 3.07. The molecule has 0 amide bonds. The lowest BCUT2D eigenvalue weighted by Crippen LogP contribution is -2.39. The first-order valence-corrected chi connectivity index (χ1v) is 7.09. The Hall–Kier alpha value is -1.62. The Kier molecular flexibility index (Phi) is 4.28. The summed E-state index contributed by atoms with van der Waals surface area (Å²) in [5.41, 5.74) is 1.33. The molecule has 0 aliphatic carbocycles. The fraction of sp³-hybridized carbons (Fsp3) is 0.600. The number of hydrogen-bond acceptors (Lipinski definition) is 4. The second-order valence-electron chi connectivity index (χ2n) is 6.03. The third-order valence-corrected chi connectivity index (χ3v) is 3.89. The topological polar surface area (TPSA) is 66.6 Å². The van der Waals surface area contributed by atoms with Gasteiger partial charge in [0.25, 0.3) is 5.69 Å². The number of anilines is 1. The van der Waals surface area contributed by atoms with Gasteiger partial charge in [0.2, 0.25) is 0 Å². The molecule has 0 spiro atoms. The Bertz CT molecular complexity index is 492. The van der Waals surface area contributed by atoms with E-state index in [9.17, 15) is 15.2 Å². The summed E-state index contributed by atoms with van der Waals surface area (Å²) >= 11 is 0. The number of aliphatic hydroxyl groups excluding tert-OH is 1. The van der Waals surface area contributed by atoms with Gasteiger partial charge < -0.3 is 10.0 Å². The summed E-state index contributed by atoms with van der Waals surface area (Å²) in [7, 11) is 0. The lowest BCUT2D eigenvalue weighted by molar-refractivity contribution is -0.384. The molecule has 110 valence electrons. The molecule has 0 aromatic heterocycles.